The number of carbonyl (C=O) groups excluding carboxylic acids is 2. The minimum absolute atomic E-state index is 0.0460. The van der Waals surface area contributed by atoms with Crippen LogP contribution in [0.15, 0.2) is 72.8 Å². The molecule has 1 atom stereocenters. The summed E-state index contributed by atoms with van der Waals surface area (Å²) in [5.74, 6) is 1.08. The minimum atomic E-state index is -1.10. The number of para-hydroxylation sites is 1. The Bertz CT molecular complexity index is 1240. The molecule has 0 radical (unpaired) electrons. The molecule has 2 amide bonds. The molecule has 1 aliphatic heterocycles. The zero-order valence-electron chi connectivity index (χ0n) is 20.7. The number of hydrogen-bond donors (Lipinski definition) is 2. The Morgan fingerprint density at radius 2 is 1.59 bits per heavy atom. The second-order valence-electron chi connectivity index (χ2n) is 9.08. The van der Waals surface area contributed by atoms with Gasteiger partial charge in [0.25, 0.3) is 0 Å². The summed E-state index contributed by atoms with van der Waals surface area (Å²) in [6, 6.07) is 20.8. The van der Waals surface area contributed by atoms with E-state index in [-0.39, 0.29) is 29.5 Å². The van der Waals surface area contributed by atoms with Gasteiger partial charge in [0, 0.05) is 25.9 Å². The molecule has 192 valence electrons. The molecule has 0 aliphatic carbocycles. The van der Waals surface area contributed by atoms with Crippen molar-refractivity contribution < 1.29 is 29.0 Å². The maximum absolute atomic E-state index is 12.4. The quantitative estimate of drug-likeness (QED) is 0.427. The molecule has 8 nitrogen and oxygen atoms in total. The lowest BCUT2D eigenvalue weighted by Crippen LogP contribution is -2.40. The van der Waals surface area contributed by atoms with Gasteiger partial charge in [-0.3, -0.25) is 9.59 Å². The number of hydrogen-bond acceptors (Lipinski definition) is 5. The molecule has 1 saturated heterocycles. The van der Waals surface area contributed by atoms with Crippen LogP contribution in [-0.2, 0) is 16.0 Å². The molecular formula is C29H30N2O6. The van der Waals surface area contributed by atoms with Crippen LogP contribution in [-0.4, -0.2) is 47.5 Å². The van der Waals surface area contributed by atoms with Crippen LogP contribution in [0.4, 0.5) is 5.69 Å². The van der Waals surface area contributed by atoms with Gasteiger partial charge in [-0.2, -0.15) is 0 Å². The van der Waals surface area contributed by atoms with E-state index < -0.39 is 5.97 Å². The smallest absolute Gasteiger partial charge is 0.337 e. The number of likely N-dealkylation sites (tertiary alicyclic amines) is 1. The van der Waals surface area contributed by atoms with Crippen LogP contribution in [0.1, 0.15) is 35.7 Å². The highest BCUT2D eigenvalue weighted by Gasteiger charge is 2.22. The van der Waals surface area contributed by atoms with E-state index in [4.69, 9.17) is 9.47 Å². The normalized spacial score (nSPS) is 15.1. The van der Waals surface area contributed by atoms with Gasteiger partial charge in [0.15, 0.2) is 0 Å². The number of aromatic carboxylic acids is 1. The first-order valence-corrected chi connectivity index (χ1v) is 12.2. The lowest BCUT2D eigenvalue weighted by Gasteiger charge is -2.31. The van der Waals surface area contributed by atoms with Crippen molar-refractivity contribution in [3.63, 3.8) is 0 Å². The monoisotopic (exact) mass is 502 g/mol. The van der Waals surface area contributed by atoms with Gasteiger partial charge >= 0.3 is 5.97 Å². The second-order valence-corrected chi connectivity index (χ2v) is 9.08. The van der Waals surface area contributed by atoms with Crippen LogP contribution in [0.5, 0.6) is 17.2 Å². The highest BCUT2D eigenvalue weighted by atomic mass is 16.5. The molecule has 4 rings (SSSR count). The SMILES string of the molecule is CC(=O)N1CCCC(COc2ccc(Oc3ccc(CC(=O)Nc4ccccc4C(=O)O)cc3)cc2)C1. The lowest BCUT2D eigenvalue weighted by atomic mass is 9.99. The third kappa shape index (κ3) is 7.33. The molecule has 0 saturated carbocycles. The number of carboxylic acids is 1. The van der Waals surface area contributed by atoms with Gasteiger partial charge in [0.2, 0.25) is 11.8 Å². The number of amides is 2. The van der Waals surface area contributed by atoms with Gasteiger partial charge in [-0.05, 0) is 66.9 Å². The van der Waals surface area contributed by atoms with Crippen LogP contribution in [0, 0.1) is 5.92 Å². The number of anilines is 1. The molecule has 3 aromatic rings. The highest BCUT2D eigenvalue weighted by molar-refractivity contribution is 6.01. The number of benzene rings is 3. The number of nitrogens with one attached hydrogen (secondary N) is 1. The number of piperidine rings is 1. The van der Waals surface area contributed by atoms with Gasteiger partial charge in [0.1, 0.15) is 17.2 Å². The predicted octanol–water partition coefficient (Wildman–Crippen LogP) is 5.00. The van der Waals surface area contributed by atoms with Crippen molar-refractivity contribution in [2.45, 2.75) is 26.2 Å². The Morgan fingerprint density at radius 3 is 2.27 bits per heavy atom. The Hall–Kier alpha value is -4.33. The third-order valence-corrected chi connectivity index (χ3v) is 6.23. The van der Waals surface area contributed by atoms with E-state index >= 15 is 0 Å². The molecule has 0 spiro atoms. The highest BCUT2D eigenvalue weighted by Crippen LogP contribution is 2.25. The summed E-state index contributed by atoms with van der Waals surface area (Å²) in [5.41, 5.74) is 1.08. The van der Waals surface area contributed by atoms with Gasteiger partial charge in [-0.1, -0.05) is 24.3 Å². The lowest BCUT2D eigenvalue weighted by molar-refractivity contribution is -0.130. The molecule has 0 bridgehead atoms. The number of nitrogens with zero attached hydrogens (tertiary/aromatic N) is 1. The van der Waals surface area contributed by atoms with Crippen LogP contribution >= 0.6 is 0 Å². The topological polar surface area (TPSA) is 105 Å². The maximum atomic E-state index is 12.4. The van der Waals surface area contributed by atoms with Crippen molar-refractivity contribution in [2.75, 3.05) is 25.0 Å². The molecule has 3 aromatic carbocycles. The Balaban J connectivity index is 1.26. The van der Waals surface area contributed by atoms with E-state index in [9.17, 15) is 19.5 Å². The number of ether oxygens (including phenoxy) is 2. The second kappa shape index (κ2) is 12.1. The number of rotatable bonds is 9. The summed E-state index contributed by atoms with van der Waals surface area (Å²) < 4.78 is 11.8. The summed E-state index contributed by atoms with van der Waals surface area (Å²) in [7, 11) is 0. The fraction of sp³-hybridized carbons (Fsp3) is 0.276. The average Bonchev–Trinajstić information content (AvgIpc) is 2.90. The largest absolute Gasteiger partial charge is 0.493 e. The number of carbonyl (C=O) groups is 3. The van der Waals surface area contributed by atoms with Gasteiger partial charge in [-0.15, -0.1) is 0 Å². The fourth-order valence-electron chi connectivity index (χ4n) is 4.27. The molecular weight excluding hydrogens is 472 g/mol. The van der Waals surface area contributed by atoms with E-state index in [1.54, 1.807) is 49.4 Å². The summed E-state index contributed by atoms with van der Waals surface area (Å²) >= 11 is 0. The first kappa shape index (κ1) is 25.8. The summed E-state index contributed by atoms with van der Waals surface area (Å²) in [4.78, 5) is 37.2. The molecule has 0 aromatic heterocycles. The minimum Gasteiger partial charge on any atom is -0.493 e. The van der Waals surface area contributed by atoms with Crippen LogP contribution < -0.4 is 14.8 Å². The molecule has 1 fully saturated rings. The van der Waals surface area contributed by atoms with Crippen molar-refractivity contribution in [1.29, 1.82) is 0 Å². The fourth-order valence-corrected chi connectivity index (χ4v) is 4.27. The molecule has 2 N–H and O–H groups in total. The Kier molecular flexibility index (Phi) is 8.40. The number of carboxylic acid groups (broad SMARTS) is 1. The van der Waals surface area contributed by atoms with Crippen molar-refractivity contribution in [2.24, 2.45) is 5.92 Å². The molecule has 8 heteroatoms. The van der Waals surface area contributed by atoms with Gasteiger partial charge in [0.05, 0.1) is 24.3 Å². The Morgan fingerprint density at radius 1 is 0.946 bits per heavy atom. The molecule has 1 aliphatic rings. The third-order valence-electron chi connectivity index (χ3n) is 6.23. The summed E-state index contributed by atoms with van der Waals surface area (Å²) in [6.07, 6.45) is 2.16. The van der Waals surface area contributed by atoms with Gasteiger partial charge < -0.3 is 24.8 Å². The van der Waals surface area contributed by atoms with E-state index in [1.165, 1.54) is 6.07 Å². The van der Waals surface area contributed by atoms with Crippen LogP contribution in [0.2, 0.25) is 0 Å². The van der Waals surface area contributed by atoms with Gasteiger partial charge in [-0.25, -0.2) is 4.79 Å². The first-order valence-electron chi connectivity index (χ1n) is 12.2. The molecule has 1 unspecified atom stereocenters. The Labute approximate surface area is 215 Å². The standard InChI is InChI=1S/C29H30N2O6/c1-20(32)31-16-4-5-22(18-31)19-36-23-12-14-25(15-13-23)37-24-10-8-21(9-11-24)17-28(33)30-27-7-3-2-6-26(27)29(34)35/h2-3,6-15,22H,4-5,16-19H2,1H3,(H,30,33)(H,34,35). The van der Waals surface area contributed by atoms with Crippen molar-refractivity contribution in [1.82, 2.24) is 4.90 Å². The first-order chi connectivity index (χ1) is 17.9. The van der Waals surface area contributed by atoms with Crippen molar-refractivity contribution >= 4 is 23.5 Å². The molecule has 1 heterocycles. The van der Waals surface area contributed by atoms with E-state index in [0.29, 0.717) is 24.0 Å². The molecule has 37 heavy (non-hydrogen) atoms. The van der Waals surface area contributed by atoms with Crippen molar-refractivity contribution in [3.05, 3.63) is 83.9 Å². The van der Waals surface area contributed by atoms with Crippen molar-refractivity contribution in [3.8, 4) is 17.2 Å². The predicted molar refractivity (Wildman–Crippen MR) is 139 cm³/mol. The summed E-state index contributed by atoms with van der Waals surface area (Å²) in [6.45, 7) is 3.74. The van der Waals surface area contributed by atoms with Crippen LogP contribution in [0.25, 0.3) is 0 Å². The van der Waals surface area contributed by atoms with E-state index in [1.807, 2.05) is 29.2 Å². The maximum Gasteiger partial charge on any atom is 0.337 e. The zero-order valence-corrected chi connectivity index (χ0v) is 20.7. The zero-order chi connectivity index (χ0) is 26.2. The van der Waals surface area contributed by atoms with E-state index in [0.717, 1.165) is 37.2 Å². The van der Waals surface area contributed by atoms with E-state index in [2.05, 4.69) is 5.32 Å². The average molecular weight is 503 g/mol. The summed E-state index contributed by atoms with van der Waals surface area (Å²) in [5, 5.41) is 11.9. The van der Waals surface area contributed by atoms with Crippen LogP contribution in [0.3, 0.4) is 0 Å².